The molecule has 0 rings (SSSR count). The van der Waals surface area contributed by atoms with E-state index in [4.69, 9.17) is 18.9 Å². The standard InChI is InChI=1S/C74H115NO8/c1-6-8-10-12-14-16-18-20-22-24-26-28-30-31-32-33-34-35-36-37-38-39-40-41-43-45-47-49-51-53-55-57-59-61-63-65-72(77)83-70(69-82-74(73(78)79)80-67-66-75(3,4)5)68-81-71(76)64-62-60-58-56-54-52-50-48-46-44-42-29-27-25-23-21-19-17-15-13-11-9-7-2/h8-11,14-17,20-23,26-29,31-32,34-35,37-38,40-41,44-47,50,52,70,74H,6-7,12-13,18-19,24-25,30,33,36,39,42-43,48-49,51,53-69H2,1-5H3/p+1/b10-8-,11-9-,16-14-,17-15-,22-20-,23-21-,28-26-,29-27-,32-31-,35-34-,38-37-,41-40-,46-44-,47-45-,52-50-. The monoisotopic (exact) mass is 1150 g/mol. The average molecular weight is 1150 g/mol. The van der Waals surface area contributed by atoms with Gasteiger partial charge in [0.15, 0.2) is 6.10 Å². The molecule has 0 fully saturated rings. The smallest absolute Gasteiger partial charge is 0.361 e. The maximum Gasteiger partial charge on any atom is 0.361 e. The summed E-state index contributed by atoms with van der Waals surface area (Å²) in [7, 11) is 5.94. The number of allylic oxidation sites excluding steroid dienone is 30. The SMILES string of the molecule is CC/C=C\C/C=C\C/C=C\C/C=C\C/C=C\C/C=C\C/C=C\C/C=C\C/C=C\CCCCCCCCCC(=O)OC(COC(=O)CCCCCC/C=C\C/C=C\C/C=C\C/C=C\C/C=C\C/C=C\CC)COC(OCC[N+](C)(C)C)C(=O)O. The van der Waals surface area contributed by atoms with E-state index in [0.717, 1.165) is 148 Å². The third kappa shape index (κ3) is 63.8. The number of carboxylic acid groups (broad SMARTS) is 1. The fourth-order valence-electron chi connectivity index (χ4n) is 7.83. The molecule has 0 bridgehead atoms. The van der Waals surface area contributed by atoms with E-state index >= 15 is 0 Å². The van der Waals surface area contributed by atoms with Crippen molar-refractivity contribution < 1.29 is 42.9 Å². The lowest BCUT2D eigenvalue weighted by Crippen LogP contribution is -2.40. The van der Waals surface area contributed by atoms with Gasteiger partial charge in [-0.3, -0.25) is 9.59 Å². The Labute approximate surface area is 507 Å². The van der Waals surface area contributed by atoms with Crippen molar-refractivity contribution in [1.82, 2.24) is 0 Å². The second-order valence-electron chi connectivity index (χ2n) is 21.6. The molecular weight excluding hydrogens is 1030 g/mol. The van der Waals surface area contributed by atoms with Crippen LogP contribution in [-0.4, -0.2) is 87.4 Å². The molecule has 1 N–H and O–H groups in total. The number of carboxylic acids is 1. The Kier molecular flexibility index (Phi) is 58.2. The number of likely N-dealkylation sites (N-methyl/N-ethyl adjacent to an activating group) is 1. The molecule has 9 heteroatoms. The summed E-state index contributed by atoms with van der Waals surface area (Å²) in [6.45, 7) is 4.57. The lowest BCUT2D eigenvalue weighted by atomic mass is 10.1. The largest absolute Gasteiger partial charge is 0.477 e. The third-order valence-corrected chi connectivity index (χ3v) is 12.7. The molecular formula is C74H116NO8+. The molecule has 464 valence electrons. The van der Waals surface area contributed by atoms with Crippen molar-refractivity contribution in [2.75, 3.05) is 47.5 Å². The number of unbranched alkanes of at least 4 members (excludes halogenated alkanes) is 11. The summed E-state index contributed by atoms with van der Waals surface area (Å²) >= 11 is 0. The first kappa shape index (κ1) is 77.4. The molecule has 83 heavy (non-hydrogen) atoms. The number of aliphatic carboxylic acids is 1. The summed E-state index contributed by atoms with van der Waals surface area (Å²) in [6.07, 6.45) is 92.6. The van der Waals surface area contributed by atoms with Crippen LogP contribution in [0.2, 0.25) is 0 Å². The van der Waals surface area contributed by atoms with E-state index in [1.54, 1.807) is 0 Å². The average Bonchev–Trinajstić information content (AvgIpc) is 3.46. The fourth-order valence-corrected chi connectivity index (χ4v) is 7.83. The zero-order valence-electron chi connectivity index (χ0n) is 52.8. The van der Waals surface area contributed by atoms with Gasteiger partial charge in [-0.1, -0.05) is 241 Å². The molecule has 0 amide bonds. The number of esters is 2. The predicted octanol–water partition coefficient (Wildman–Crippen LogP) is 19.7. The summed E-state index contributed by atoms with van der Waals surface area (Å²) in [5.41, 5.74) is 0. The van der Waals surface area contributed by atoms with E-state index in [2.05, 4.69) is 196 Å². The zero-order valence-corrected chi connectivity index (χ0v) is 52.8. The minimum Gasteiger partial charge on any atom is -0.477 e. The molecule has 0 radical (unpaired) electrons. The summed E-state index contributed by atoms with van der Waals surface area (Å²) < 4.78 is 22.9. The molecule has 2 atom stereocenters. The summed E-state index contributed by atoms with van der Waals surface area (Å²) in [4.78, 5) is 37.5. The van der Waals surface area contributed by atoms with Crippen molar-refractivity contribution in [2.45, 2.75) is 219 Å². The van der Waals surface area contributed by atoms with Crippen molar-refractivity contribution >= 4 is 17.9 Å². The van der Waals surface area contributed by atoms with Crippen LogP contribution in [0.5, 0.6) is 0 Å². The number of rotatable bonds is 56. The minimum atomic E-state index is -1.53. The van der Waals surface area contributed by atoms with Crippen LogP contribution in [-0.2, 0) is 33.3 Å². The van der Waals surface area contributed by atoms with Gasteiger partial charge in [0.2, 0.25) is 0 Å². The summed E-state index contributed by atoms with van der Waals surface area (Å²) in [6, 6.07) is 0. The number of hydrogen-bond donors (Lipinski definition) is 1. The minimum absolute atomic E-state index is 0.170. The first-order chi connectivity index (χ1) is 40.6. The van der Waals surface area contributed by atoms with Gasteiger partial charge in [-0.2, -0.15) is 0 Å². The lowest BCUT2D eigenvalue weighted by molar-refractivity contribution is -0.870. The Hall–Kier alpha value is -5.61. The van der Waals surface area contributed by atoms with E-state index in [-0.39, 0.29) is 38.6 Å². The van der Waals surface area contributed by atoms with Gasteiger partial charge in [-0.05, 0) is 135 Å². The molecule has 2 unspecified atom stereocenters. The van der Waals surface area contributed by atoms with Crippen molar-refractivity contribution in [1.29, 1.82) is 0 Å². The second kappa shape index (κ2) is 62.4. The van der Waals surface area contributed by atoms with E-state index in [9.17, 15) is 19.5 Å². The molecule has 9 nitrogen and oxygen atoms in total. The molecule has 0 aliphatic carbocycles. The van der Waals surface area contributed by atoms with Crippen LogP contribution in [0.15, 0.2) is 182 Å². The molecule has 0 aromatic carbocycles. The predicted molar refractivity (Wildman–Crippen MR) is 354 cm³/mol. The molecule has 0 aromatic heterocycles. The Morgan fingerprint density at radius 2 is 0.651 bits per heavy atom. The quantitative estimate of drug-likeness (QED) is 0.0211. The van der Waals surface area contributed by atoms with Crippen LogP contribution in [0.3, 0.4) is 0 Å². The fraction of sp³-hybridized carbons (Fsp3) is 0.554. The van der Waals surface area contributed by atoms with Crippen LogP contribution in [0.1, 0.15) is 206 Å². The van der Waals surface area contributed by atoms with E-state index in [1.165, 1.54) is 19.3 Å². The molecule has 0 heterocycles. The summed E-state index contributed by atoms with van der Waals surface area (Å²) in [5.74, 6) is -2.08. The van der Waals surface area contributed by atoms with Crippen molar-refractivity contribution in [2.24, 2.45) is 0 Å². The Morgan fingerprint density at radius 1 is 0.361 bits per heavy atom. The molecule has 0 aliphatic heterocycles. The number of carbonyl (C=O) groups excluding carboxylic acids is 2. The summed E-state index contributed by atoms with van der Waals surface area (Å²) in [5, 5.41) is 9.73. The highest BCUT2D eigenvalue weighted by atomic mass is 16.7. The highest BCUT2D eigenvalue weighted by Gasteiger charge is 2.25. The van der Waals surface area contributed by atoms with E-state index < -0.39 is 24.3 Å². The van der Waals surface area contributed by atoms with Gasteiger partial charge in [0.25, 0.3) is 6.29 Å². The number of ether oxygens (including phenoxy) is 4. The van der Waals surface area contributed by atoms with Gasteiger partial charge in [0.1, 0.15) is 13.2 Å². The third-order valence-electron chi connectivity index (χ3n) is 12.7. The Bertz CT molecular complexity index is 2010. The Balaban J connectivity index is 4.32. The van der Waals surface area contributed by atoms with Crippen LogP contribution in [0.25, 0.3) is 0 Å². The van der Waals surface area contributed by atoms with Crippen molar-refractivity contribution in [3.05, 3.63) is 182 Å². The number of nitrogens with zero attached hydrogens (tertiary/aromatic N) is 1. The lowest BCUT2D eigenvalue weighted by Gasteiger charge is -2.25. The first-order valence-electron chi connectivity index (χ1n) is 31.9. The Morgan fingerprint density at radius 3 is 0.964 bits per heavy atom. The molecule has 0 saturated heterocycles. The van der Waals surface area contributed by atoms with Gasteiger partial charge in [0.05, 0.1) is 34.4 Å². The van der Waals surface area contributed by atoms with E-state index in [0.29, 0.717) is 23.9 Å². The van der Waals surface area contributed by atoms with E-state index in [1.807, 2.05) is 21.1 Å². The first-order valence-corrected chi connectivity index (χ1v) is 31.9. The van der Waals surface area contributed by atoms with Gasteiger partial charge < -0.3 is 28.5 Å². The number of hydrogen-bond acceptors (Lipinski definition) is 7. The van der Waals surface area contributed by atoms with Crippen LogP contribution in [0.4, 0.5) is 0 Å². The van der Waals surface area contributed by atoms with Gasteiger partial charge in [-0.25, -0.2) is 4.79 Å². The van der Waals surface area contributed by atoms with Crippen molar-refractivity contribution in [3.8, 4) is 0 Å². The van der Waals surface area contributed by atoms with Gasteiger partial charge >= 0.3 is 17.9 Å². The normalized spacial score (nSPS) is 14.0. The number of carbonyl (C=O) groups is 3. The highest BCUT2D eigenvalue weighted by Crippen LogP contribution is 2.13. The van der Waals surface area contributed by atoms with Crippen LogP contribution in [0, 0.1) is 0 Å². The zero-order chi connectivity index (χ0) is 60.5. The maximum atomic E-state index is 12.9. The highest BCUT2D eigenvalue weighted by molar-refractivity contribution is 5.71. The van der Waals surface area contributed by atoms with Gasteiger partial charge in [0, 0.05) is 12.8 Å². The van der Waals surface area contributed by atoms with Crippen LogP contribution >= 0.6 is 0 Å². The molecule has 0 saturated carbocycles. The van der Waals surface area contributed by atoms with Crippen molar-refractivity contribution in [3.63, 3.8) is 0 Å². The number of quaternary nitrogens is 1. The maximum absolute atomic E-state index is 12.9. The molecule has 0 aromatic rings. The molecule has 0 aliphatic rings. The second-order valence-corrected chi connectivity index (χ2v) is 21.6. The topological polar surface area (TPSA) is 108 Å². The van der Waals surface area contributed by atoms with Crippen LogP contribution < -0.4 is 0 Å². The molecule has 0 spiro atoms. The van der Waals surface area contributed by atoms with Gasteiger partial charge in [-0.15, -0.1) is 0 Å².